The minimum atomic E-state index is -3.91. The third kappa shape index (κ3) is 3.41. The summed E-state index contributed by atoms with van der Waals surface area (Å²) in [5.74, 6) is 0.674. The van der Waals surface area contributed by atoms with E-state index in [0.29, 0.717) is 24.3 Å². The topological polar surface area (TPSA) is 65.0 Å². The van der Waals surface area contributed by atoms with Gasteiger partial charge in [-0.25, -0.2) is 0 Å². The van der Waals surface area contributed by atoms with Crippen molar-refractivity contribution in [2.45, 2.75) is 32.8 Å². The zero-order valence-electron chi connectivity index (χ0n) is 14.9. The van der Waals surface area contributed by atoms with E-state index in [2.05, 4.69) is 21.1 Å². The van der Waals surface area contributed by atoms with Gasteiger partial charge >= 0.3 is 10.1 Å². The largest absolute Gasteiger partial charge is 0.484 e. The lowest BCUT2D eigenvalue weighted by atomic mass is 10.00. The number of allylic oxidation sites excluding steroid dienone is 4. The summed E-state index contributed by atoms with van der Waals surface area (Å²) in [5.41, 5.74) is 2.39. The SMILES string of the molecule is CC1=CC=C(S(=O)(=O)O/N=C2/c3c(ccc4cc(Br)ccc34)OC2C)CC1. The molecule has 27 heavy (non-hydrogen) atoms. The van der Waals surface area contributed by atoms with Crippen LogP contribution in [0.2, 0.25) is 0 Å². The van der Waals surface area contributed by atoms with Crippen molar-refractivity contribution in [2.75, 3.05) is 0 Å². The average Bonchev–Trinajstić information content (AvgIpc) is 2.95. The van der Waals surface area contributed by atoms with Crippen molar-refractivity contribution in [1.29, 1.82) is 0 Å². The Bertz CT molecular complexity index is 1130. The average molecular weight is 448 g/mol. The summed E-state index contributed by atoms with van der Waals surface area (Å²) in [6.45, 7) is 3.80. The van der Waals surface area contributed by atoms with Crippen LogP contribution in [0.1, 0.15) is 32.3 Å². The fourth-order valence-corrected chi connectivity index (χ4v) is 4.52. The number of hydrogen-bond acceptors (Lipinski definition) is 5. The predicted molar refractivity (Wildman–Crippen MR) is 109 cm³/mol. The Kier molecular flexibility index (Phi) is 4.60. The number of benzene rings is 2. The van der Waals surface area contributed by atoms with Crippen molar-refractivity contribution in [2.24, 2.45) is 5.16 Å². The van der Waals surface area contributed by atoms with Crippen LogP contribution in [-0.2, 0) is 14.4 Å². The molecule has 0 spiro atoms. The van der Waals surface area contributed by atoms with E-state index in [9.17, 15) is 8.42 Å². The lowest BCUT2D eigenvalue weighted by Crippen LogP contribution is -2.18. The molecule has 0 amide bonds. The molecule has 2 aromatic carbocycles. The number of hydrogen-bond donors (Lipinski definition) is 0. The quantitative estimate of drug-likeness (QED) is 0.616. The number of halogens is 1. The number of oxime groups is 1. The molecule has 2 aromatic rings. The molecule has 7 heteroatoms. The molecule has 0 saturated heterocycles. The molecule has 0 saturated carbocycles. The zero-order chi connectivity index (χ0) is 19.2. The van der Waals surface area contributed by atoms with Crippen LogP contribution in [0.25, 0.3) is 10.8 Å². The minimum absolute atomic E-state index is 0.242. The van der Waals surface area contributed by atoms with Crippen molar-refractivity contribution < 1.29 is 17.4 Å². The van der Waals surface area contributed by atoms with Crippen LogP contribution >= 0.6 is 15.9 Å². The Hall–Kier alpha value is -2.12. The predicted octanol–water partition coefficient (Wildman–Crippen LogP) is 5.06. The van der Waals surface area contributed by atoms with Gasteiger partial charge in [-0.15, -0.1) is 0 Å². The highest BCUT2D eigenvalue weighted by Crippen LogP contribution is 2.37. The number of rotatable bonds is 3. The first kappa shape index (κ1) is 18.3. The highest BCUT2D eigenvalue weighted by Gasteiger charge is 2.31. The molecule has 0 aromatic heterocycles. The van der Waals surface area contributed by atoms with E-state index in [0.717, 1.165) is 26.4 Å². The Balaban J connectivity index is 1.73. The summed E-state index contributed by atoms with van der Waals surface area (Å²) in [6.07, 6.45) is 4.12. The smallest absolute Gasteiger partial charge is 0.354 e. The maximum Gasteiger partial charge on any atom is 0.354 e. The molecular formula is C20H18BrNO4S. The fraction of sp³-hybridized carbons (Fsp3) is 0.250. The molecule has 1 aliphatic carbocycles. The van der Waals surface area contributed by atoms with Crippen molar-refractivity contribution in [3.8, 4) is 5.75 Å². The summed E-state index contributed by atoms with van der Waals surface area (Å²) in [4.78, 5) is 0.242. The van der Waals surface area contributed by atoms with Gasteiger partial charge in [-0.05, 0) is 61.7 Å². The Morgan fingerprint density at radius 2 is 2.00 bits per heavy atom. The highest BCUT2D eigenvalue weighted by atomic mass is 79.9. The summed E-state index contributed by atoms with van der Waals surface area (Å²) in [5, 5.41) is 5.96. The van der Waals surface area contributed by atoms with Gasteiger partial charge in [0.1, 0.15) is 17.6 Å². The van der Waals surface area contributed by atoms with Gasteiger partial charge in [-0.1, -0.05) is 44.9 Å². The molecule has 4 rings (SSSR count). The molecule has 0 N–H and O–H groups in total. The van der Waals surface area contributed by atoms with Gasteiger partial charge in [0.15, 0.2) is 0 Å². The van der Waals surface area contributed by atoms with E-state index in [1.165, 1.54) is 0 Å². The van der Waals surface area contributed by atoms with Crippen LogP contribution in [0.15, 0.2) is 62.6 Å². The Morgan fingerprint density at radius 3 is 2.74 bits per heavy atom. The minimum Gasteiger partial charge on any atom is -0.484 e. The van der Waals surface area contributed by atoms with E-state index >= 15 is 0 Å². The van der Waals surface area contributed by atoms with E-state index < -0.39 is 16.2 Å². The molecule has 1 atom stereocenters. The van der Waals surface area contributed by atoms with Crippen LogP contribution in [0, 0.1) is 0 Å². The monoisotopic (exact) mass is 447 g/mol. The van der Waals surface area contributed by atoms with Crippen molar-refractivity contribution in [3.63, 3.8) is 0 Å². The number of fused-ring (bicyclic) bond motifs is 3. The maximum absolute atomic E-state index is 12.5. The van der Waals surface area contributed by atoms with Crippen LogP contribution in [0.5, 0.6) is 5.75 Å². The van der Waals surface area contributed by atoms with Crippen molar-refractivity contribution >= 4 is 42.5 Å². The zero-order valence-corrected chi connectivity index (χ0v) is 17.3. The number of ether oxygens (including phenoxy) is 1. The molecule has 2 aliphatic rings. The van der Waals surface area contributed by atoms with Gasteiger partial charge in [0.2, 0.25) is 0 Å². The van der Waals surface area contributed by atoms with Gasteiger partial charge in [-0.3, -0.25) is 4.28 Å². The molecule has 0 bridgehead atoms. The molecule has 5 nitrogen and oxygen atoms in total. The maximum atomic E-state index is 12.5. The Morgan fingerprint density at radius 1 is 1.19 bits per heavy atom. The van der Waals surface area contributed by atoms with Crippen LogP contribution in [-0.4, -0.2) is 20.2 Å². The first-order valence-electron chi connectivity index (χ1n) is 8.62. The van der Waals surface area contributed by atoms with Gasteiger partial charge in [0.25, 0.3) is 0 Å². The van der Waals surface area contributed by atoms with Crippen molar-refractivity contribution in [3.05, 3.63) is 63.0 Å². The third-order valence-corrected chi connectivity index (χ3v) is 6.51. The van der Waals surface area contributed by atoms with Gasteiger partial charge in [0, 0.05) is 4.47 Å². The lowest BCUT2D eigenvalue weighted by Gasteiger charge is -2.11. The lowest BCUT2D eigenvalue weighted by molar-refractivity contribution is 0.292. The first-order valence-corrected chi connectivity index (χ1v) is 10.8. The van der Waals surface area contributed by atoms with Crippen LogP contribution in [0.4, 0.5) is 0 Å². The summed E-state index contributed by atoms with van der Waals surface area (Å²) < 4.78 is 36.9. The summed E-state index contributed by atoms with van der Waals surface area (Å²) >= 11 is 3.47. The summed E-state index contributed by atoms with van der Waals surface area (Å²) in [7, 11) is -3.91. The molecule has 1 unspecified atom stereocenters. The first-order chi connectivity index (χ1) is 12.8. The van der Waals surface area contributed by atoms with Gasteiger partial charge in [-0.2, -0.15) is 8.42 Å². The molecule has 1 aliphatic heterocycles. The third-order valence-electron chi connectivity index (χ3n) is 4.76. The molecule has 0 fully saturated rings. The standard InChI is InChI=1S/C20H18BrNO4S/c1-12-3-7-16(8-4-12)27(23,24)26-22-20-13(2)25-18-10-5-14-11-15(21)6-9-17(14)19(18)20/h3,5-7,9-11,13H,4,8H2,1-2H3/b22-20+. The highest BCUT2D eigenvalue weighted by molar-refractivity contribution is 9.10. The second kappa shape index (κ2) is 6.80. The summed E-state index contributed by atoms with van der Waals surface area (Å²) in [6, 6.07) is 9.72. The van der Waals surface area contributed by atoms with Crippen LogP contribution in [0.3, 0.4) is 0 Å². The van der Waals surface area contributed by atoms with Gasteiger partial charge < -0.3 is 4.74 Å². The second-order valence-electron chi connectivity index (χ2n) is 6.72. The van der Waals surface area contributed by atoms with E-state index in [1.54, 1.807) is 12.2 Å². The molecule has 1 heterocycles. The Labute approximate surface area is 166 Å². The fourth-order valence-electron chi connectivity index (χ4n) is 3.28. The normalized spacial score (nSPS) is 20.9. The van der Waals surface area contributed by atoms with E-state index in [-0.39, 0.29) is 4.91 Å². The van der Waals surface area contributed by atoms with Gasteiger partial charge in [0.05, 0.1) is 10.5 Å². The van der Waals surface area contributed by atoms with Crippen molar-refractivity contribution in [1.82, 2.24) is 0 Å². The molecular weight excluding hydrogens is 430 g/mol. The molecule has 140 valence electrons. The number of nitrogens with zero attached hydrogens (tertiary/aromatic N) is 1. The van der Waals surface area contributed by atoms with E-state index in [4.69, 9.17) is 9.02 Å². The van der Waals surface area contributed by atoms with Crippen LogP contribution < -0.4 is 4.74 Å². The van der Waals surface area contributed by atoms with E-state index in [1.807, 2.05) is 44.2 Å². The molecule has 0 radical (unpaired) electrons. The second-order valence-corrected chi connectivity index (χ2v) is 9.21.